The van der Waals surface area contributed by atoms with Gasteiger partial charge in [0.1, 0.15) is 0 Å². The van der Waals surface area contributed by atoms with Gasteiger partial charge in [-0.2, -0.15) is 0 Å². The van der Waals surface area contributed by atoms with Crippen LogP contribution in [0.3, 0.4) is 0 Å². The molecule has 0 bridgehead atoms. The highest BCUT2D eigenvalue weighted by Gasteiger charge is 2.40. The quantitative estimate of drug-likeness (QED) is 0.168. The van der Waals surface area contributed by atoms with Gasteiger partial charge < -0.3 is 9.30 Å². The zero-order chi connectivity index (χ0) is 36.2. The summed E-state index contributed by atoms with van der Waals surface area (Å²) < 4.78 is 2.57. The first-order valence-corrected chi connectivity index (χ1v) is 19.0. The zero-order valence-electron chi connectivity index (χ0n) is 31.4. The second-order valence-electron chi connectivity index (χ2n) is 17.0. The van der Waals surface area contributed by atoms with Crippen LogP contribution >= 0.6 is 0 Å². The molecule has 1 aliphatic heterocycles. The Bertz CT molecular complexity index is 2850. The Morgan fingerprint density at radius 2 is 1.04 bits per heavy atom. The van der Waals surface area contributed by atoms with Gasteiger partial charge in [-0.15, -0.1) is 0 Å². The molecule has 53 heavy (non-hydrogen) atoms. The van der Waals surface area contributed by atoms with Crippen molar-refractivity contribution < 1.29 is 0 Å². The van der Waals surface area contributed by atoms with E-state index in [1.54, 1.807) is 0 Å². The van der Waals surface area contributed by atoms with Gasteiger partial charge in [0.25, 0.3) is 0 Å². The van der Waals surface area contributed by atoms with E-state index in [1.165, 1.54) is 93.8 Å². The number of fused-ring (bicyclic) bond motifs is 9. The average molecular weight is 683 g/mol. The summed E-state index contributed by atoms with van der Waals surface area (Å²) in [4.78, 5) is 2.53. The van der Waals surface area contributed by atoms with Gasteiger partial charge in [-0.3, -0.25) is 0 Å². The number of anilines is 3. The lowest BCUT2D eigenvalue weighted by atomic mass is 9.33. The number of hydrogen-bond donors (Lipinski definition) is 0. The first-order valence-electron chi connectivity index (χ1n) is 19.0. The van der Waals surface area contributed by atoms with Crippen molar-refractivity contribution >= 4 is 78.3 Å². The predicted molar refractivity (Wildman–Crippen MR) is 230 cm³/mol. The van der Waals surface area contributed by atoms with E-state index >= 15 is 0 Å². The normalized spacial score (nSPS) is 13.4. The highest BCUT2D eigenvalue weighted by atomic mass is 15.2. The maximum absolute atomic E-state index is 2.57. The summed E-state index contributed by atoms with van der Waals surface area (Å²) in [6.07, 6.45) is 0. The summed E-state index contributed by atoms with van der Waals surface area (Å²) in [7, 11) is 0. The Kier molecular flexibility index (Phi) is 6.83. The van der Waals surface area contributed by atoms with Crippen molar-refractivity contribution in [3.8, 4) is 11.1 Å². The van der Waals surface area contributed by atoms with Gasteiger partial charge in [0.2, 0.25) is 6.71 Å². The van der Waals surface area contributed by atoms with E-state index in [0.29, 0.717) is 0 Å². The van der Waals surface area contributed by atoms with E-state index < -0.39 is 0 Å². The predicted octanol–water partition coefficient (Wildman–Crippen LogP) is 11.4. The van der Waals surface area contributed by atoms with Crippen LogP contribution in [0.2, 0.25) is 0 Å². The van der Waals surface area contributed by atoms with Crippen LogP contribution in [0.4, 0.5) is 17.1 Å². The Labute approximate surface area is 312 Å². The van der Waals surface area contributed by atoms with Crippen LogP contribution in [0.5, 0.6) is 0 Å². The van der Waals surface area contributed by atoms with Crippen molar-refractivity contribution in [2.24, 2.45) is 0 Å². The fraction of sp³-hybridized carbons (Fsp3) is 0.160. The van der Waals surface area contributed by atoms with Crippen LogP contribution in [0, 0.1) is 0 Å². The van der Waals surface area contributed by atoms with Crippen LogP contribution in [0.15, 0.2) is 152 Å². The van der Waals surface area contributed by atoms with E-state index in [-0.39, 0.29) is 17.5 Å². The molecule has 0 spiro atoms. The third-order valence-electron chi connectivity index (χ3n) is 11.7. The second kappa shape index (κ2) is 11.4. The summed E-state index contributed by atoms with van der Waals surface area (Å²) >= 11 is 0. The van der Waals surface area contributed by atoms with Gasteiger partial charge in [0, 0.05) is 38.6 Å². The number of rotatable bonds is 3. The second-order valence-corrected chi connectivity index (χ2v) is 17.0. The summed E-state index contributed by atoms with van der Waals surface area (Å²) in [5.74, 6) is 0. The Morgan fingerprint density at radius 1 is 0.472 bits per heavy atom. The van der Waals surface area contributed by atoms with E-state index in [1.807, 2.05) is 0 Å². The van der Waals surface area contributed by atoms with E-state index in [4.69, 9.17) is 0 Å². The molecule has 1 aliphatic rings. The first-order chi connectivity index (χ1) is 25.6. The number of para-hydroxylation sites is 2. The summed E-state index contributed by atoms with van der Waals surface area (Å²) in [5.41, 5.74) is 16.8. The van der Waals surface area contributed by atoms with Crippen LogP contribution in [0.25, 0.3) is 49.2 Å². The maximum Gasteiger partial charge on any atom is 0.248 e. The SMILES string of the molecule is CC(C)(C)c1ccc2c(c1)c1cc3c(c4c5cc(C(C)(C)C)ccc5n2c14)B(c1ccccc1-c1ccccc1)c1ccccc1N3c1ccccc1. The van der Waals surface area contributed by atoms with E-state index in [0.717, 1.165) is 0 Å². The minimum absolute atomic E-state index is 0.00203. The number of hydrogen-bond acceptors (Lipinski definition) is 1. The fourth-order valence-electron chi connectivity index (χ4n) is 9.07. The standard InChI is InChI=1S/C50H43BN2/c1-49(2,3)33-25-27-42-37(29-33)38-31-45-47(46-39-30-34(50(4,5)6)26-28-43(39)53(42)48(38)46)51(40-22-14-13-21-36(40)32-17-9-7-10-18-32)41-23-15-16-24-44(41)52(45)35-19-11-8-12-20-35/h7-31H,1-6H3. The highest BCUT2D eigenvalue weighted by molar-refractivity contribution is 7.00. The fourth-order valence-corrected chi connectivity index (χ4v) is 9.07. The smallest absolute Gasteiger partial charge is 0.248 e. The van der Waals surface area contributed by atoms with Crippen LogP contribution in [0.1, 0.15) is 52.7 Å². The molecular formula is C50H43BN2. The molecule has 0 radical (unpaired) electrons. The number of benzene rings is 7. The molecule has 9 aromatic rings. The van der Waals surface area contributed by atoms with Gasteiger partial charge in [0.05, 0.1) is 16.6 Å². The summed E-state index contributed by atoms with van der Waals surface area (Å²) in [5, 5.41) is 5.31. The lowest BCUT2D eigenvalue weighted by molar-refractivity contribution is 0.591. The van der Waals surface area contributed by atoms with Crippen molar-refractivity contribution in [3.63, 3.8) is 0 Å². The molecule has 0 unspecified atom stereocenters. The molecule has 0 saturated heterocycles. The van der Waals surface area contributed by atoms with Crippen molar-refractivity contribution in [2.45, 2.75) is 52.4 Å². The molecule has 0 fully saturated rings. The van der Waals surface area contributed by atoms with Gasteiger partial charge in [-0.05, 0) is 92.5 Å². The van der Waals surface area contributed by atoms with Gasteiger partial charge >= 0.3 is 0 Å². The van der Waals surface area contributed by atoms with Crippen molar-refractivity contribution in [1.82, 2.24) is 4.40 Å². The summed E-state index contributed by atoms with van der Waals surface area (Å²) in [6.45, 7) is 13.9. The first kappa shape index (κ1) is 31.9. The third-order valence-corrected chi connectivity index (χ3v) is 11.7. The average Bonchev–Trinajstić information content (AvgIpc) is 3.68. The lowest BCUT2D eigenvalue weighted by Gasteiger charge is -2.38. The molecule has 256 valence electrons. The number of nitrogens with zero attached hydrogens (tertiary/aromatic N) is 2. The van der Waals surface area contributed by atoms with E-state index in [9.17, 15) is 0 Å². The molecule has 10 rings (SSSR count). The van der Waals surface area contributed by atoms with Gasteiger partial charge in [-0.1, -0.05) is 150 Å². The van der Waals surface area contributed by atoms with Crippen LogP contribution < -0.4 is 21.3 Å². The maximum atomic E-state index is 2.57. The molecule has 0 atom stereocenters. The van der Waals surface area contributed by atoms with Crippen molar-refractivity contribution in [2.75, 3.05) is 4.90 Å². The molecule has 0 amide bonds. The molecule has 0 N–H and O–H groups in total. The van der Waals surface area contributed by atoms with Gasteiger partial charge in [0.15, 0.2) is 0 Å². The largest absolute Gasteiger partial charge is 0.311 e. The Hall–Kier alpha value is -5.80. The molecule has 2 nitrogen and oxygen atoms in total. The highest BCUT2D eigenvalue weighted by Crippen LogP contribution is 2.46. The Morgan fingerprint density at radius 3 is 1.72 bits per heavy atom. The molecule has 0 saturated carbocycles. The lowest BCUT2D eigenvalue weighted by Crippen LogP contribution is -2.58. The van der Waals surface area contributed by atoms with E-state index in [2.05, 4.69) is 203 Å². The minimum Gasteiger partial charge on any atom is -0.311 e. The molecule has 0 aliphatic carbocycles. The molecule has 3 heterocycles. The topological polar surface area (TPSA) is 7.65 Å². The molecule has 2 aromatic heterocycles. The van der Waals surface area contributed by atoms with Crippen molar-refractivity contribution in [3.05, 3.63) is 163 Å². The zero-order valence-corrected chi connectivity index (χ0v) is 31.4. The monoisotopic (exact) mass is 682 g/mol. The molecule has 3 heteroatoms. The third kappa shape index (κ3) is 4.73. The van der Waals surface area contributed by atoms with Crippen LogP contribution in [-0.4, -0.2) is 11.1 Å². The number of aromatic nitrogens is 1. The minimum atomic E-state index is -0.00203. The van der Waals surface area contributed by atoms with Crippen molar-refractivity contribution in [1.29, 1.82) is 0 Å². The summed E-state index contributed by atoms with van der Waals surface area (Å²) in [6, 6.07) is 57.0. The van der Waals surface area contributed by atoms with Gasteiger partial charge in [-0.25, -0.2) is 0 Å². The Balaban J connectivity index is 1.44. The molecular weight excluding hydrogens is 639 g/mol. The van der Waals surface area contributed by atoms with Crippen LogP contribution in [-0.2, 0) is 10.8 Å². The molecule has 7 aromatic carbocycles.